The molecular formula is C17H13ClN2S. The van der Waals surface area contributed by atoms with E-state index in [1.165, 1.54) is 10.8 Å². The highest BCUT2D eigenvalue weighted by atomic mass is 35.5. The van der Waals surface area contributed by atoms with Gasteiger partial charge in [-0.15, -0.1) is 0 Å². The van der Waals surface area contributed by atoms with E-state index in [9.17, 15) is 0 Å². The number of hydrogen-bond acceptors (Lipinski definition) is 1. The van der Waals surface area contributed by atoms with Crippen molar-refractivity contribution in [2.24, 2.45) is 0 Å². The summed E-state index contributed by atoms with van der Waals surface area (Å²) < 4.78 is 0. The van der Waals surface area contributed by atoms with Crippen LogP contribution in [-0.2, 0) is 0 Å². The highest BCUT2D eigenvalue weighted by molar-refractivity contribution is 7.80. The Balaban J connectivity index is 1.74. The fourth-order valence-electron chi connectivity index (χ4n) is 2.13. The van der Waals surface area contributed by atoms with Crippen LogP contribution in [0.15, 0.2) is 66.7 Å². The van der Waals surface area contributed by atoms with E-state index in [1.807, 2.05) is 42.5 Å². The Labute approximate surface area is 133 Å². The molecule has 2 N–H and O–H groups in total. The van der Waals surface area contributed by atoms with E-state index in [2.05, 4.69) is 34.9 Å². The van der Waals surface area contributed by atoms with Crippen molar-refractivity contribution in [2.45, 2.75) is 0 Å². The van der Waals surface area contributed by atoms with Gasteiger partial charge in [-0.05, 0) is 53.3 Å². The lowest BCUT2D eigenvalue weighted by Crippen LogP contribution is -2.18. The van der Waals surface area contributed by atoms with Gasteiger partial charge in [-0.3, -0.25) is 0 Å². The van der Waals surface area contributed by atoms with Crippen molar-refractivity contribution in [3.63, 3.8) is 0 Å². The Morgan fingerprint density at radius 3 is 2.24 bits per heavy atom. The Morgan fingerprint density at radius 1 is 0.762 bits per heavy atom. The molecule has 3 rings (SSSR count). The number of fused-ring (bicyclic) bond motifs is 1. The van der Waals surface area contributed by atoms with E-state index in [-0.39, 0.29) is 0 Å². The molecule has 0 aliphatic carbocycles. The number of hydrogen-bond donors (Lipinski definition) is 2. The first-order valence-electron chi connectivity index (χ1n) is 6.53. The number of anilines is 2. The predicted molar refractivity (Wildman–Crippen MR) is 95.2 cm³/mol. The van der Waals surface area contributed by atoms with Gasteiger partial charge in [0.25, 0.3) is 0 Å². The fourth-order valence-corrected chi connectivity index (χ4v) is 2.55. The van der Waals surface area contributed by atoms with Gasteiger partial charge in [-0.2, -0.15) is 0 Å². The van der Waals surface area contributed by atoms with E-state index >= 15 is 0 Å². The van der Waals surface area contributed by atoms with Crippen LogP contribution < -0.4 is 10.6 Å². The zero-order valence-corrected chi connectivity index (χ0v) is 12.7. The van der Waals surface area contributed by atoms with Crippen LogP contribution in [-0.4, -0.2) is 5.11 Å². The minimum Gasteiger partial charge on any atom is -0.332 e. The van der Waals surface area contributed by atoms with Crippen LogP contribution in [0.1, 0.15) is 0 Å². The molecule has 0 heterocycles. The number of rotatable bonds is 2. The molecule has 0 atom stereocenters. The van der Waals surface area contributed by atoms with Crippen molar-refractivity contribution < 1.29 is 0 Å². The normalized spacial score (nSPS) is 10.3. The van der Waals surface area contributed by atoms with Crippen molar-refractivity contribution in [3.05, 3.63) is 71.8 Å². The maximum Gasteiger partial charge on any atom is 0.175 e. The van der Waals surface area contributed by atoms with E-state index in [4.69, 9.17) is 23.8 Å². The molecule has 4 heteroatoms. The first kappa shape index (κ1) is 13.9. The van der Waals surface area contributed by atoms with Crippen LogP contribution in [0.4, 0.5) is 11.4 Å². The molecule has 21 heavy (non-hydrogen) atoms. The molecular weight excluding hydrogens is 300 g/mol. The van der Waals surface area contributed by atoms with Crippen LogP contribution in [0.3, 0.4) is 0 Å². The first-order valence-corrected chi connectivity index (χ1v) is 7.32. The molecule has 0 spiro atoms. The zero-order valence-electron chi connectivity index (χ0n) is 11.1. The van der Waals surface area contributed by atoms with E-state index in [1.54, 1.807) is 0 Å². The smallest absolute Gasteiger partial charge is 0.175 e. The van der Waals surface area contributed by atoms with Crippen molar-refractivity contribution in [1.29, 1.82) is 0 Å². The average Bonchev–Trinajstić information content (AvgIpc) is 2.47. The summed E-state index contributed by atoms with van der Waals surface area (Å²) >= 11 is 11.3. The molecule has 2 nitrogen and oxygen atoms in total. The summed E-state index contributed by atoms with van der Waals surface area (Å²) in [5, 5.41) is 9.88. The molecule has 0 fully saturated rings. The maximum atomic E-state index is 5.95. The van der Waals surface area contributed by atoms with Gasteiger partial charge >= 0.3 is 0 Å². The largest absolute Gasteiger partial charge is 0.332 e. The molecule has 0 unspecified atom stereocenters. The molecule has 0 saturated heterocycles. The standard InChI is InChI=1S/C17H13ClN2S/c18-14-6-3-7-15(11-14)19-17(21)20-16-9-8-12-4-1-2-5-13(12)10-16/h1-11H,(H2,19,20,21). The van der Waals surface area contributed by atoms with Gasteiger partial charge in [-0.1, -0.05) is 48.0 Å². The number of benzene rings is 3. The fraction of sp³-hybridized carbons (Fsp3) is 0. The molecule has 3 aromatic rings. The summed E-state index contributed by atoms with van der Waals surface area (Å²) in [7, 11) is 0. The minimum atomic E-state index is 0.535. The maximum absolute atomic E-state index is 5.95. The van der Waals surface area contributed by atoms with Gasteiger partial charge in [0.1, 0.15) is 0 Å². The number of thiocarbonyl (C=S) groups is 1. The molecule has 0 radical (unpaired) electrons. The van der Waals surface area contributed by atoms with Gasteiger partial charge in [0.05, 0.1) is 0 Å². The summed E-state index contributed by atoms with van der Waals surface area (Å²) in [4.78, 5) is 0. The highest BCUT2D eigenvalue weighted by Gasteiger charge is 2.01. The van der Waals surface area contributed by atoms with Gasteiger partial charge in [0, 0.05) is 16.4 Å². The van der Waals surface area contributed by atoms with Crippen LogP contribution in [0.5, 0.6) is 0 Å². The summed E-state index contributed by atoms with van der Waals surface area (Å²) in [5.41, 5.74) is 1.81. The molecule has 3 aromatic carbocycles. The number of nitrogens with one attached hydrogen (secondary N) is 2. The van der Waals surface area contributed by atoms with Crippen molar-refractivity contribution >= 4 is 51.1 Å². The predicted octanol–water partition coefficient (Wildman–Crippen LogP) is 5.30. The van der Waals surface area contributed by atoms with Crippen LogP contribution in [0, 0.1) is 0 Å². The lowest BCUT2D eigenvalue weighted by molar-refractivity contribution is 1.61. The van der Waals surface area contributed by atoms with Gasteiger partial charge in [-0.25, -0.2) is 0 Å². The molecule has 0 aliphatic rings. The third kappa shape index (κ3) is 3.51. The Kier molecular flexibility index (Phi) is 4.04. The lowest BCUT2D eigenvalue weighted by atomic mass is 10.1. The Morgan fingerprint density at radius 2 is 1.48 bits per heavy atom. The van der Waals surface area contributed by atoms with Gasteiger partial charge in [0.2, 0.25) is 0 Å². The van der Waals surface area contributed by atoms with E-state index in [0.717, 1.165) is 11.4 Å². The number of halogens is 1. The average molecular weight is 313 g/mol. The van der Waals surface area contributed by atoms with Crippen molar-refractivity contribution in [3.8, 4) is 0 Å². The SMILES string of the molecule is S=C(Nc1cccc(Cl)c1)Nc1ccc2ccccc2c1. The summed E-state index contributed by atoms with van der Waals surface area (Å²) in [6.45, 7) is 0. The van der Waals surface area contributed by atoms with Gasteiger partial charge < -0.3 is 10.6 Å². The topological polar surface area (TPSA) is 24.1 Å². The summed E-state index contributed by atoms with van der Waals surface area (Å²) in [6.07, 6.45) is 0. The second-order valence-corrected chi connectivity index (χ2v) is 5.50. The first-order chi connectivity index (χ1) is 10.2. The minimum absolute atomic E-state index is 0.535. The summed E-state index contributed by atoms with van der Waals surface area (Å²) in [6, 6.07) is 21.8. The molecule has 0 aliphatic heterocycles. The molecule has 0 saturated carbocycles. The monoisotopic (exact) mass is 312 g/mol. The van der Waals surface area contributed by atoms with Crippen LogP contribution in [0.2, 0.25) is 5.02 Å². The quantitative estimate of drug-likeness (QED) is 0.628. The molecule has 104 valence electrons. The molecule has 0 aromatic heterocycles. The van der Waals surface area contributed by atoms with Crippen molar-refractivity contribution in [1.82, 2.24) is 0 Å². The van der Waals surface area contributed by atoms with E-state index < -0.39 is 0 Å². The second-order valence-electron chi connectivity index (χ2n) is 4.65. The Bertz CT molecular complexity index is 801. The highest BCUT2D eigenvalue weighted by Crippen LogP contribution is 2.19. The third-order valence-corrected chi connectivity index (χ3v) is 3.53. The second kappa shape index (κ2) is 6.12. The summed E-state index contributed by atoms with van der Waals surface area (Å²) in [5.74, 6) is 0. The molecule has 0 amide bonds. The van der Waals surface area contributed by atoms with Crippen LogP contribution in [0.25, 0.3) is 10.8 Å². The zero-order chi connectivity index (χ0) is 14.7. The van der Waals surface area contributed by atoms with E-state index in [0.29, 0.717) is 10.1 Å². The van der Waals surface area contributed by atoms with Gasteiger partial charge in [0.15, 0.2) is 5.11 Å². The Hall–Kier alpha value is -2.10. The lowest BCUT2D eigenvalue weighted by Gasteiger charge is -2.11. The van der Waals surface area contributed by atoms with Crippen molar-refractivity contribution in [2.75, 3.05) is 10.6 Å². The molecule has 0 bridgehead atoms. The van der Waals surface area contributed by atoms with Crippen LogP contribution >= 0.6 is 23.8 Å². The third-order valence-electron chi connectivity index (χ3n) is 3.09.